The summed E-state index contributed by atoms with van der Waals surface area (Å²) >= 11 is 0. The van der Waals surface area contributed by atoms with E-state index in [9.17, 15) is 0 Å². The topological polar surface area (TPSA) is 33.5 Å². The van der Waals surface area contributed by atoms with Gasteiger partial charge in [-0.1, -0.05) is 121 Å². The van der Waals surface area contributed by atoms with Crippen LogP contribution in [0.4, 0.5) is 22.7 Å². The maximum Gasteiger partial charge on any atom is 0.137 e. The number of fused-ring (bicyclic) bond motifs is 4. The predicted octanol–water partition coefficient (Wildman–Crippen LogP) is 15.5. The number of hydrogen-bond acceptors (Lipinski definition) is 4. The lowest BCUT2D eigenvalue weighted by atomic mass is 9.84. The molecule has 5 heteroatoms. The molecule has 0 amide bonds. The van der Waals surface area contributed by atoms with Gasteiger partial charge in [-0.05, 0) is 128 Å². The molecule has 0 radical (unpaired) electrons. The molecule has 0 atom stereocenters. The Morgan fingerprint density at radius 3 is 1.68 bits per heavy atom. The van der Waals surface area contributed by atoms with Gasteiger partial charge in [0.2, 0.25) is 0 Å². The summed E-state index contributed by atoms with van der Waals surface area (Å²) in [5.41, 5.74) is 13.4. The molecule has 0 saturated carbocycles. The first-order chi connectivity index (χ1) is 28.1. The second kappa shape index (κ2) is 14.6. The summed E-state index contributed by atoms with van der Waals surface area (Å²) in [7, 11) is 0. The molecule has 5 nitrogen and oxygen atoms in total. The van der Waals surface area contributed by atoms with Crippen LogP contribution in [0.2, 0.25) is 0 Å². The zero-order valence-corrected chi connectivity index (χ0v) is 38.5. The number of rotatable bonds is 6. The fourth-order valence-corrected chi connectivity index (χ4v) is 8.36. The number of benzene rings is 5. The van der Waals surface area contributed by atoms with Gasteiger partial charge in [-0.2, -0.15) is 0 Å². The Morgan fingerprint density at radius 1 is 0.500 bits per heavy atom. The Bertz CT molecular complexity index is 2740. The third-order valence-electron chi connectivity index (χ3n) is 12.3. The molecule has 0 bridgehead atoms. The highest BCUT2D eigenvalue weighted by Crippen LogP contribution is 2.47. The monoisotopic (exact) mass is 797 g/mol. The van der Waals surface area contributed by atoms with Crippen LogP contribution in [-0.4, -0.2) is 16.2 Å². The van der Waals surface area contributed by atoms with Crippen molar-refractivity contribution in [2.75, 3.05) is 16.5 Å². The largest absolute Gasteiger partial charge is 0.457 e. The number of anilines is 4. The summed E-state index contributed by atoms with van der Waals surface area (Å²) in [6.45, 7) is 32.6. The number of nitrogens with zero attached hydrogens (tertiary/aromatic N) is 4. The molecule has 0 unspecified atom stereocenters. The number of ether oxygens (including phenoxy) is 1. The molecule has 8 rings (SSSR count). The molecule has 1 aliphatic rings. The van der Waals surface area contributed by atoms with Crippen molar-refractivity contribution < 1.29 is 4.74 Å². The average molecular weight is 797 g/mol. The minimum Gasteiger partial charge on any atom is -0.457 e. The molecule has 1 aliphatic heterocycles. The molecule has 0 fully saturated rings. The number of pyridine rings is 1. The van der Waals surface area contributed by atoms with Crippen LogP contribution in [0.1, 0.15) is 131 Å². The van der Waals surface area contributed by atoms with Crippen LogP contribution >= 0.6 is 0 Å². The van der Waals surface area contributed by atoms with E-state index in [2.05, 4.69) is 220 Å². The van der Waals surface area contributed by atoms with Crippen LogP contribution in [0.5, 0.6) is 11.5 Å². The van der Waals surface area contributed by atoms with Crippen molar-refractivity contribution in [2.45, 2.75) is 125 Å². The molecule has 7 aromatic rings. The van der Waals surface area contributed by atoms with Crippen LogP contribution in [0.15, 0.2) is 115 Å². The average Bonchev–Trinajstić information content (AvgIpc) is 3.72. The van der Waals surface area contributed by atoms with Crippen molar-refractivity contribution in [1.29, 1.82) is 0 Å². The van der Waals surface area contributed by atoms with Crippen LogP contribution in [0.25, 0.3) is 27.6 Å². The zero-order valence-electron chi connectivity index (χ0n) is 38.5. The van der Waals surface area contributed by atoms with E-state index >= 15 is 0 Å². The van der Waals surface area contributed by atoms with Crippen molar-refractivity contribution in [2.24, 2.45) is 0 Å². The fraction of sp³-hybridized carbons (Fsp3) is 0.364. The number of aromatic nitrogens is 2. The van der Waals surface area contributed by atoms with E-state index in [0.717, 1.165) is 34.0 Å². The van der Waals surface area contributed by atoms with E-state index in [0.29, 0.717) is 12.6 Å². The second-order valence-corrected chi connectivity index (χ2v) is 21.4. The lowest BCUT2D eigenvalue weighted by molar-refractivity contribution is 0.479. The summed E-state index contributed by atoms with van der Waals surface area (Å²) in [5, 5.41) is 2.40. The van der Waals surface area contributed by atoms with E-state index in [1.807, 2.05) is 6.20 Å². The normalized spacial score (nSPS) is 13.8. The van der Waals surface area contributed by atoms with Crippen LogP contribution in [-0.2, 0) is 21.7 Å². The molecular weight excluding hydrogens is 733 g/mol. The third kappa shape index (κ3) is 7.80. The van der Waals surface area contributed by atoms with E-state index in [4.69, 9.17) is 9.72 Å². The lowest BCUT2D eigenvalue weighted by Gasteiger charge is -2.28. The van der Waals surface area contributed by atoms with Gasteiger partial charge >= 0.3 is 0 Å². The van der Waals surface area contributed by atoms with Crippen LogP contribution < -0.4 is 14.5 Å². The van der Waals surface area contributed by atoms with Gasteiger partial charge in [-0.3, -0.25) is 4.57 Å². The van der Waals surface area contributed by atoms with E-state index in [-0.39, 0.29) is 21.7 Å². The minimum absolute atomic E-state index is 0.0136. The Morgan fingerprint density at radius 2 is 1.08 bits per heavy atom. The van der Waals surface area contributed by atoms with Crippen molar-refractivity contribution >= 4 is 44.6 Å². The minimum atomic E-state index is -0.106. The quantitative estimate of drug-likeness (QED) is 0.168. The molecule has 60 heavy (non-hydrogen) atoms. The van der Waals surface area contributed by atoms with E-state index in [1.54, 1.807) is 0 Å². The molecule has 0 spiro atoms. The smallest absolute Gasteiger partial charge is 0.137 e. The molecule has 0 N–H and O–H groups in total. The third-order valence-corrected chi connectivity index (χ3v) is 12.3. The first-order valence-electron chi connectivity index (χ1n) is 21.7. The van der Waals surface area contributed by atoms with Gasteiger partial charge in [0.15, 0.2) is 0 Å². The van der Waals surface area contributed by atoms with Crippen molar-refractivity contribution in [3.8, 4) is 17.3 Å². The number of hydrogen-bond donors (Lipinski definition) is 0. The molecule has 3 heterocycles. The highest BCUT2D eigenvalue weighted by Gasteiger charge is 2.31. The van der Waals surface area contributed by atoms with Gasteiger partial charge in [0, 0.05) is 40.5 Å². The maximum absolute atomic E-state index is 6.99. The van der Waals surface area contributed by atoms with E-state index in [1.165, 1.54) is 55.7 Å². The standard InChI is InChI=1S/C55H64N4O/c1-35(2)36-25-39(54(9,10)11)27-41(26-36)57-34-58(49-18-16-15-17-48(49)57)42-28-40(55(12,13)14)29-44(32-42)60-43-20-21-45-46-30-37(52(3,4)5)19-22-47(46)59(50(45)33-43)51-31-38(23-24-56-51)53(6,7)8/h15-33,35H,34H2,1-14H3. The molecule has 5 aromatic carbocycles. The van der Waals surface area contributed by atoms with Crippen molar-refractivity contribution in [1.82, 2.24) is 9.55 Å². The van der Waals surface area contributed by atoms with Gasteiger partial charge < -0.3 is 14.5 Å². The summed E-state index contributed by atoms with van der Waals surface area (Å²) in [4.78, 5) is 9.88. The SMILES string of the molecule is CC(C)c1cc(N2CN(c3cc(Oc4ccc5c6cc(C(C)(C)C)ccc6n(-c6cc(C(C)(C)C)ccn6)c5c4)cc(C(C)(C)C)c3)c3ccccc32)cc(C(C)(C)C)c1. The second-order valence-electron chi connectivity index (χ2n) is 21.4. The molecule has 0 saturated heterocycles. The zero-order chi connectivity index (χ0) is 43.1. The molecule has 2 aromatic heterocycles. The van der Waals surface area contributed by atoms with Gasteiger partial charge in [0.1, 0.15) is 24.0 Å². The maximum atomic E-state index is 6.99. The van der Waals surface area contributed by atoms with Crippen LogP contribution in [0, 0.1) is 0 Å². The summed E-state index contributed by atoms with van der Waals surface area (Å²) < 4.78 is 9.30. The highest BCUT2D eigenvalue weighted by molar-refractivity contribution is 6.09. The van der Waals surface area contributed by atoms with E-state index < -0.39 is 0 Å². The van der Waals surface area contributed by atoms with Gasteiger partial charge in [0.05, 0.1) is 22.4 Å². The Balaban J connectivity index is 1.24. The predicted molar refractivity (Wildman–Crippen MR) is 256 cm³/mol. The van der Waals surface area contributed by atoms with Crippen molar-refractivity contribution in [3.05, 3.63) is 143 Å². The molecule has 310 valence electrons. The Kier molecular flexibility index (Phi) is 10.0. The number of para-hydroxylation sites is 2. The van der Waals surface area contributed by atoms with Crippen molar-refractivity contribution in [3.63, 3.8) is 0 Å². The highest BCUT2D eigenvalue weighted by atomic mass is 16.5. The molecular formula is C55H64N4O. The first kappa shape index (κ1) is 41.2. The van der Waals surface area contributed by atoms with Crippen LogP contribution in [0.3, 0.4) is 0 Å². The van der Waals surface area contributed by atoms with Gasteiger partial charge in [-0.15, -0.1) is 0 Å². The summed E-state index contributed by atoms with van der Waals surface area (Å²) in [6, 6.07) is 40.6. The molecule has 0 aliphatic carbocycles. The summed E-state index contributed by atoms with van der Waals surface area (Å²) in [5.74, 6) is 2.94. The Labute approximate surface area is 359 Å². The lowest BCUT2D eigenvalue weighted by Crippen LogP contribution is -2.25. The van der Waals surface area contributed by atoms with Gasteiger partial charge in [-0.25, -0.2) is 4.98 Å². The summed E-state index contributed by atoms with van der Waals surface area (Å²) in [6.07, 6.45) is 1.94. The Hall–Kier alpha value is -5.55. The first-order valence-corrected chi connectivity index (χ1v) is 21.7. The fourth-order valence-electron chi connectivity index (χ4n) is 8.36. The van der Waals surface area contributed by atoms with Gasteiger partial charge in [0.25, 0.3) is 0 Å².